The fraction of sp³-hybridized carbons (Fsp3) is 0.120. The highest BCUT2D eigenvalue weighted by Gasteiger charge is 2.30. The van der Waals surface area contributed by atoms with Crippen molar-refractivity contribution < 1.29 is 9.94 Å². The Labute approximate surface area is 170 Å². The average molecular weight is 380 g/mol. The molecule has 0 amide bonds. The molecule has 0 aromatic heterocycles. The van der Waals surface area contributed by atoms with Crippen molar-refractivity contribution in [3.05, 3.63) is 107 Å². The average Bonchev–Trinajstić information content (AvgIpc) is 3.10. The van der Waals surface area contributed by atoms with Crippen LogP contribution >= 0.6 is 0 Å². The number of benzene rings is 3. The van der Waals surface area contributed by atoms with Gasteiger partial charge in [-0.25, -0.2) is 0 Å². The summed E-state index contributed by atoms with van der Waals surface area (Å²) < 4.78 is 5.92. The van der Waals surface area contributed by atoms with E-state index in [4.69, 9.17) is 4.74 Å². The zero-order valence-electron chi connectivity index (χ0n) is 15.9. The van der Waals surface area contributed by atoms with Gasteiger partial charge in [0, 0.05) is 11.1 Å². The third kappa shape index (κ3) is 3.76. The number of oxime groups is 1. The van der Waals surface area contributed by atoms with Crippen molar-refractivity contribution in [2.75, 3.05) is 6.61 Å². The van der Waals surface area contributed by atoms with Gasteiger partial charge >= 0.3 is 0 Å². The Morgan fingerprint density at radius 1 is 0.897 bits per heavy atom. The lowest BCUT2D eigenvalue weighted by Gasteiger charge is -2.10. The molecule has 0 aliphatic heterocycles. The lowest BCUT2D eigenvalue weighted by atomic mass is 9.98. The monoisotopic (exact) mass is 380 g/mol. The van der Waals surface area contributed by atoms with Crippen LogP contribution in [0.15, 0.2) is 89.6 Å². The van der Waals surface area contributed by atoms with Crippen LogP contribution in [0.5, 0.6) is 5.75 Å². The number of nitriles is 1. The molecule has 0 saturated carbocycles. The maximum Gasteiger partial charge on any atom is 0.129 e. The first-order valence-electron chi connectivity index (χ1n) is 9.55. The molecular formula is C25H20N2O2. The van der Waals surface area contributed by atoms with Gasteiger partial charge < -0.3 is 9.94 Å². The third-order valence-electron chi connectivity index (χ3n) is 5.00. The number of rotatable bonds is 6. The van der Waals surface area contributed by atoms with Crippen molar-refractivity contribution in [2.45, 2.75) is 12.8 Å². The predicted molar refractivity (Wildman–Crippen MR) is 113 cm³/mol. The standard InChI is InChI=1S/C25H20N2O2/c26-17-23-24(19-11-5-2-6-12-19)21-14-13-20(16-22(21)25(23)27-28)29-15-7-10-18-8-3-1-4-9-18/h1-6,8-9,11-14,16,28H,7,10,15H2/b27-25-. The lowest BCUT2D eigenvalue weighted by molar-refractivity contribution is 0.310. The van der Waals surface area contributed by atoms with Gasteiger partial charge in [0.2, 0.25) is 0 Å². The Balaban J connectivity index is 1.54. The maximum atomic E-state index is 9.69. The molecule has 0 unspecified atom stereocenters. The summed E-state index contributed by atoms with van der Waals surface area (Å²) in [6, 6.07) is 27.9. The first kappa shape index (κ1) is 18.5. The molecule has 142 valence electrons. The van der Waals surface area contributed by atoms with Gasteiger partial charge in [0.05, 0.1) is 12.2 Å². The molecule has 1 N–H and O–H groups in total. The molecule has 0 bridgehead atoms. The second kappa shape index (κ2) is 8.45. The van der Waals surface area contributed by atoms with E-state index in [1.165, 1.54) is 5.56 Å². The van der Waals surface area contributed by atoms with E-state index in [0.717, 1.165) is 29.5 Å². The summed E-state index contributed by atoms with van der Waals surface area (Å²) in [5.41, 5.74) is 5.23. The first-order chi connectivity index (χ1) is 14.3. The van der Waals surface area contributed by atoms with Crippen molar-refractivity contribution in [3.8, 4) is 11.8 Å². The minimum atomic E-state index is 0.288. The van der Waals surface area contributed by atoms with Crippen molar-refractivity contribution in [1.82, 2.24) is 0 Å². The van der Waals surface area contributed by atoms with E-state index in [0.29, 0.717) is 23.5 Å². The zero-order chi connectivity index (χ0) is 20.1. The fourth-order valence-electron chi connectivity index (χ4n) is 3.64. The predicted octanol–water partition coefficient (Wildman–Crippen LogP) is 5.22. The fourth-order valence-corrected chi connectivity index (χ4v) is 3.64. The van der Waals surface area contributed by atoms with Crippen molar-refractivity contribution in [2.24, 2.45) is 5.16 Å². The van der Waals surface area contributed by atoms with Crippen molar-refractivity contribution >= 4 is 11.3 Å². The summed E-state index contributed by atoms with van der Waals surface area (Å²) in [7, 11) is 0. The first-order valence-corrected chi connectivity index (χ1v) is 9.55. The van der Waals surface area contributed by atoms with Gasteiger partial charge in [-0.2, -0.15) is 5.26 Å². The largest absolute Gasteiger partial charge is 0.494 e. The van der Waals surface area contributed by atoms with E-state index in [9.17, 15) is 10.5 Å². The number of fused-ring (bicyclic) bond motifs is 1. The highest BCUT2D eigenvalue weighted by atomic mass is 16.5. The van der Waals surface area contributed by atoms with Gasteiger partial charge in [-0.1, -0.05) is 65.8 Å². The Morgan fingerprint density at radius 3 is 2.31 bits per heavy atom. The summed E-state index contributed by atoms with van der Waals surface area (Å²) in [6.45, 7) is 0.587. The SMILES string of the molecule is N#CC1=C(c2ccccc2)c2ccc(OCCCc3ccccc3)cc2/C1=N/O. The molecule has 1 aliphatic carbocycles. The second-order valence-corrected chi connectivity index (χ2v) is 6.82. The van der Waals surface area contributed by atoms with E-state index in [1.807, 2.05) is 66.7 Å². The van der Waals surface area contributed by atoms with E-state index in [-0.39, 0.29) is 5.71 Å². The van der Waals surface area contributed by atoms with E-state index in [1.54, 1.807) is 0 Å². The van der Waals surface area contributed by atoms with Crippen LogP contribution in [0.25, 0.3) is 5.57 Å². The summed E-state index contributed by atoms with van der Waals surface area (Å²) in [6.07, 6.45) is 1.85. The van der Waals surface area contributed by atoms with Crippen LogP contribution < -0.4 is 4.74 Å². The quantitative estimate of drug-likeness (QED) is 0.362. The molecule has 3 aromatic carbocycles. The van der Waals surface area contributed by atoms with Gasteiger partial charge in [-0.15, -0.1) is 0 Å². The van der Waals surface area contributed by atoms with E-state index >= 15 is 0 Å². The molecule has 4 nitrogen and oxygen atoms in total. The molecule has 0 saturated heterocycles. The van der Waals surface area contributed by atoms with Crippen LogP contribution in [-0.2, 0) is 6.42 Å². The van der Waals surface area contributed by atoms with Crippen LogP contribution in [-0.4, -0.2) is 17.5 Å². The zero-order valence-corrected chi connectivity index (χ0v) is 15.9. The molecular weight excluding hydrogens is 360 g/mol. The molecule has 0 fully saturated rings. The highest BCUT2D eigenvalue weighted by molar-refractivity contribution is 6.27. The number of allylic oxidation sites excluding steroid dienone is 1. The van der Waals surface area contributed by atoms with Gasteiger partial charge in [-0.3, -0.25) is 0 Å². The van der Waals surface area contributed by atoms with Crippen LogP contribution in [0.4, 0.5) is 0 Å². The van der Waals surface area contributed by atoms with Crippen LogP contribution in [0.1, 0.15) is 28.7 Å². The molecule has 0 heterocycles. The summed E-state index contributed by atoms with van der Waals surface area (Å²) in [5, 5.41) is 22.7. The van der Waals surface area contributed by atoms with Gasteiger partial charge in [-0.05, 0) is 47.7 Å². The molecule has 0 atom stereocenters. The highest BCUT2D eigenvalue weighted by Crippen LogP contribution is 2.39. The van der Waals surface area contributed by atoms with Crippen molar-refractivity contribution in [1.29, 1.82) is 5.26 Å². The number of nitrogens with zero attached hydrogens (tertiary/aromatic N) is 2. The summed E-state index contributed by atoms with van der Waals surface area (Å²) >= 11 is 0. The Morgan fingerprint density at radius 2 is 1.62 bits per heavy atom. The lowest BCUT2D eigenvalue weighted by Crippen LogP contribution is -2.02. The molecule has 3 aromatic rings. The van der Waals surface area contributed by atoms with Gasteiger partial charge in [0.25, 0.3) is 0 Å². The number of hydrogen-bond donors (Lipinski definition) is 1. The van der Waals surface area contributed by atoms with Crippen LogP contribution in [0.3, 0.4) is 0 Å². The molecule has 1 aliphatic rings. The normalized spacial score (nSPS) is 14.0. The van der Waals surface area contributed by atoms with E-state index < -0.39 is 0 Å². The van der Waals surface area contributed by atoms with E-state index in [2.05, 4.69) is 23.4 Å². The van der Waals surface area contributed by atoms with Gasteiger partial charge in [0.15, 0.2) is 0 Å². The van der Waals surface area contributed by atoms with Gasteiger partial charge in [0.1, 0.15) is 17.5 Å². The molecule has 4 rings (SSSR count). The summed E-state index contributed by atoms with van der Waals surface area (Å²) in [5.74, 6) is 0.699. The Bertz CT molecular complexity index is 1110. The van der Waals surface area contributed by atoms with Crippen molar-refractivity contribution in [3.63, 3.8) is 0 Å². The Kier molecular flexibility index (Phi) is 5.40. The topological polar surface area (TPSA) is 65.6 Å². The smallest absolute Gasteiger partial charge is 0.129 e. The van der Waals surface area contributed by atoms with Crippen LogP contribution in [0, 0.1) is 11.3 Å². The minimum Gasteiger partial charge on any atom is -0.494 e. The molecule has 29 heavy (non-hydrogen) atoms. The maximum absolute atomic E-state index is 9.69. The molecule has 0 radical (unpaired) electrons. The number of aryl methyl sites for hydroxylation is 1. The second-order valence-electron chi connectivity index (χ2n) is 6.82. The molecule has 4 heteroatoms. The number of hydrogen-bond acceptors (Lipinski definition) is 4. The molecule has 0 spiro atoms. The third-order valence-corrected chi connectivity index (χ3v) is 5.00. The summed E-state index contributed by atoms with van der Waals surface area (Å²) in [4.78, 5) is 0. The minimum absolute atomic E-state index is 0.288. The number of ether oxygens (including phenoxy) is 1. The Hall–Kier alpha value is -3.84. The van der Waals surface area contributed by atoms with Crippen LogP contribution in [0.2, 0.25) is 0 Å².